The van der Waals surface area contributed by atoms with Gasteiger partial charge in [-0.1, -0.05) is 34.5 Å². The van der Waals surface area contributed by atoms with Crippen LogP contribution in [0.5, 0.6) is 0 Å². The van der Waals surface area contributed by atoms with Crippen LogP contribution in [0, 0.1) is 13.8 Å². The van der Waals surface area contributed by atoms with Crippen molar-refractivity contribution in [3.8, 4) is 5.69 Å². The highest BCUT2D eigenvalue weighted by Gasteiger charge is 2.43. The summed E-state index contributed by atoms with van der Waals surface area (Å²) in [5, 5.41) is 18.7. The average molecular weight is 563 g/mol. The van der Waals surface area contributed by atoms with Gasteiger partial charge in [0.05, 0.1) is 38.2 Å². The maximum Gasteiger partial charge on any atom is 0.166 e. The Hall–Kier alpha value is -3.56. The molecule has 5 aromatic rings. The standard InChI is InChI=1S/C28H28Cl2N8O/c1-16(2)36-14-26(32-35-36)28(8-7-23-20(11-28)24-6-5-17(3)13-37(24)34-23)12-25(39)27-21(29)9-19(10-22(27)30)38-15-31-18(4)33-38/h5-6,9-10,13-16H,7-8,11-12H2,1-4H3. The number of carbonyl (C=O) groups is 1. The lowest BCUT2D eigenvalue weighted by molar-refractivity contribution is 0.0940. The summed E-state index contributed by atoms with van der Waals surface area (Å²) in [5.74, 6) is 0.486. The van der Waals surface area contributed by atoms with E-state index in [9.17, 15) is 4.79 Å². The van der Waals surface area contributed by atoms with Crippen molar-refractivity contribution < 1.29 is 4.79 Å². The zero-order valence-electron chi connectivity index (χ0n) is 22.2. The first-order chi connectivity index (χ1) is 18.6. The summed E-state index contributed by atoms with van der Waals surface area (Å²) in [6, 6.07) is 7.73. The largest absolute Gasteiger partial charge is 0.294 e. The number of fused-ring (bicyclic) bond motifs is 3. The maximum atomic E-state index is 14.0. The molecule has 39 heavy (non-hydrogen) atoms. The van der Waals surface area contributed by atoms with Crippen molar-refractivity contribution in [2.45, 2.75) is 64.8 Å². The molecule has 0 saturated carbocycles. The molecular weight excluding hydrogens is 535 g/mol. The van der Waals surface area contributed by atoms with E-state index in [1.54, 1.807) is 30.1 Å². The molecule has 6 rings (SSSR count). The summed E-state index contributed by atoms with van der Waals surface area (Å²) < 4.78 is 5.37. The van der Waals surface area contributed by atoms with Gasteiger partial charge in [0, 0.05) is 35.8 Å². The molecule has 11 heteroatoms. The first kappa shape index (κ1) is 25.7. The minimum absolute atomic E-state index is 0.138. The Balaban J connectivity index is 1.41. The number of ketones is 1. The van der Waals surface area contributed by atoms with Gasteiger partial charge in [-0.15, -0.1) is 5.10 Å². The molecule has 0 aliphatic heterocycles. The summed E-state index contributed by atoms with van der Waals surface area (Å²) >= 11 is 13.4. The van der Waals surface area contributed by atoms with Crippen molar-refractivity contribution in [2.75, 3.05) is 0 Å². The number of rotatable bonds is 6. The number of hydrogen-bond acceptors (Lipinski definition) is 6. The van der Waals surface area contributed by atoms with Crippen LogP contribution in [0.3, 0.4) is 0 Å². The Labute approximate surface area is 235 Å². The van der Waals surface area contributed by atoms with E-state index < -0.39 is 5.41 Å². The normalized spacial score (nSPS) is 17.2. The molecule has 1 atom stereocenters. The third kappa shape index (κ3) is 4.53. The summed E-state index contributed by atoms with van der Waals surface area (Å²) in [6.45, 7) is 7.96. The first-order valence-electron chi connectivity index (χ1n) is 12.9. The fourth-order valence-corrected chi connectivity index (χ4v) is 6.17. The number of halogens is 2. The van der Waals surface area contributed by atoms with E-state index in [4.69, 9.17) is 28.3 Å². The molecule has 200 valence electrons. The molecule has 1 aromatic carbocycles. The molecular formula is C28H28Cl2N8O. The van der Waals surface area contributed by atoms with Crippen LogP contribution in [-0.2, 0) is 18.3 Å². The quantitative estimate of drug-likeness (QED) is 0.246. The van der Waals surface area contributed by atoms with Crippen molar-refractivity contribution in [1.82, 2.24) is 39.4 Å². The number of aryl methyl sites for hydroxylation is 3. The van der Waals surface area contributed by atoms with Crippen molar-refractivity contribution in [1.29, 1.82) is 0 Å². The van der Waals surface area contributed by atoms with Gasteiger partial charge in [-0.3, -0.25) is 4.79 Å². The summed E-state index contributed by atoms with van der Waals surface area (Å²) in [6.07, 6.45) is 7.83. The fraction of sp³-hybridized carbons (Fsp3) is 0.357. The van der Waals surface area contributed by atoms with Crippen LogP contribution in [-0.4, -0.2) is 45.2 Å². The van der Waals surface area contributed by atoms with E-state index in [1.165, 1.54) is 0 Å². The third-order valence-corrected chi connectivity index (χ3v) is 8.17. The highest BCUT2D eigenvalue weighted by atomic mass is 35.5. The topological polar surface area (TPSA) is 95.8 Å². The molecule has 0 radical (unpaired) electrons. The molecule has 4 heterocycles. The van der Waals surface area contributed by atoms with Crippen LogP contribution in [0.2, 0.25) is 10.0 Å². The Morgan fingerprint density at radius 1 is 1.10 bits per heavy atom. The minimum Gasteiger partial charge on any atom is -0.294 e. The van der Waals surface area contributed by atoms with Gasteiger partial charge in [0.25, 0.3) is 0 Å². The highest BCUT2D eigenvalue weighted by molar-refractivity contribution is 6.40. The molecule has 1 aliphatic rings. The van der Waals surface area contributed by atoms with E-state index in [2.05, 4.69) is 53.3 Å². The zero-order valence-corrected chi connectivity index (χ0v) is 23.7. The zero-order chi connectivity index (χ0) is 27.5. The Morgan fingerprint density at radius 3 is 2.54 bits per heavy atom. The molecule has 0 saturated heterocycles. The molecule has 0 N–H and O–H groups in total. The molecule has 0 bridgehead atoms. The Morgan fingerprint density at radius 2 is 1.87 bits per heavy atom. The number of benzene rings is 1. The van der Waals surface area contributed by atoms with Crippen LogP contribution in [0.1, 0.15) is 71.4 Å². The van der Waals surface area contributed by atoms with E-state index in [0.717, 1.165) is 34.5 Å². The Bertz CT molecular complexity index is 1710. The van der Waals surface area contributed by atoms with E-state index in [-0.39, 0.29) is 28.3 Å². The summed E-state index contributed by atoms with van der Waals surface area (Å²) in [4.78, 5) is 18.2. The van der Waals surface area contributed by atoms with Crippen LogP contribution in [0.25, 0.3) is 11.2 Å². The van der Waals surface area contributed by atoms with Crippen LogP contribution in [0.4, 0.5) is 0 Å². The second-order valence-electron chi connectivity index (χ2n) is 10.7. The second-order valence-corrected chi connectivity index (χ2v) is 11.5. The fourth-order valence-electron chi connectivity index (χ4n) is 5.49. The van der Waals surface area contributed by atoms with E-state index in [0.29, 0.717) is 29.9 Å². The lowest BCUT2D eigenvalue weighted by atomic mass is 9.67. The summed E-state index contributed by atoms with van der Waals surface area (Å²) in [7, 11) is 0. The summed E-state index contributed by atoms with van der Waals surface area (Å²) in [5.41, 5.74) is 5.54. The van der Waals surface area contributed by atoms with Gasteiger partial charge in [-0.05, 0) is 70.7 Å². The third-order valence-electron chi connectivity index (χ3n) is 7.58. The molecule has 0 amide bonds. The Kier molecular flexibility index (Phi) is 6.31. The minimum atomic E-state index is -0.583. The lowest BCUT2D eigenvalue weighted by Crippen LogP contribution is -2.36. The first-order valence-corrected chi connectivity index (χ1v) is 13.7. The molecule has 0 spiro atoms. The van der Waals surface area contributed by atoms with Crippen molar-refractivity contribution in [3.05, 3.63) is 86.9 Å². The molecule has 4 aromatic heterocycles. The van der Waals surface area contributed by atoms with Crippen molar-refractivity contribution >= 4 is 34.5 Å². The average Bonchev–Trinajstić information content (AvgIpc) is 3.61. The van der Waals surface area contributed by atoms with Crippen LogP contribution < -0.4 is 0 Å². The smallest absolute Gasteiger partial charge is 0.166 e. The molecule has 0 fully saturated rings. The van der Waals surface area contributed by atoms with Crippen LogP contribution >= 0.6 is 23.2 Å². The van der Waals surface area contributed by atoms with Gasteiger partial charge in [0.2, 0.25) is 0 Å². The molecule has 9 nitrogen and oxygen atoms in total. The number of nitrogens with zero attached hydrogens (tertiary/aromatic N) is 8. The number of hydrogen-bond donors (Lipinski definition) is 0. The number of carbonyl (C=O) groups excluding carboxylic acids is 1. The second kappa shape index (κ2) is 9.57. The van der Waals surface area contributed by atoms with E-state index >= 15 is 0 Å². The van der Waals surface area contributed by atoms with Gasteiger partial charge < -0.3 is 0 Å². The number of aromatic nitrogens is 8. The predicted octanol–water partition coefficient (Wildman–Crippen LogP) is 5.71. The highest BCUT2D eigenvalue weighted by Crippen LogP contribution is 2.43. The number of Topliss-reactive ketones (excluding diaryl/α,β-unsaturated/α-hetero) is 1. The molecule has 1 unspecified atom stereocenters. The van der Waals surface area contributed by atoms with Crippen molar-refractivity contribution in [2.24, 2.45) is 0 Å². The predicted molar refractivity (Wildman–Crippen MR) is 149 cm³/mol. The lowest BCUT2D eigenvalue weighted by Gasteiger charge is -2.35. The van der Waals surface area contributed by atoms with Gasteiger partial charge in [-0.25, -0.2) is 18.9 Å². The van der Waals surface area contributed by atoms with Crippen LogP contribution in [0.15, 0.2) is 43.0 Å². The van der Waals surface area contributed by atoms with Gasteiger partial charge in [-0.2, -0.15) is 10.2 Å². The maximum absolute atomic E-state index is 14.0. The van der Waals surface area contributed by atoms with Crippen molar-refractivity contribution in [3.63, 3.8) is 0 Å². The number of pyridine rings is 1. The van der Waals surface area contributed by atoms with Gasteiger partial charge >= 0.3 is 0 Å². The van der Waals surface area contributed by atoms with E-state index in [1.807, 2.05) is 21.6 Å². The monoisotopic (exact) mass is 562 g/mol. The van der Waals surface area contributed by atoms with Gasteiger partial charge in [0.15, 0.2) is 5.78 Å². The molecule has 1 aliphatic carbocycles. The SMILES string of the molecule is Cc1ccc2c3c(nn2c1)CCC(CC(=O)c1c(Cl)cc(-n2cnc(C)n2)cc1Cl)(c1cn(C(C)C)nn1)C3. The van der Waals surface area contributed by atoms with Gasteiger partial charge in [0.1, 0.15) is 12.2 Å².